The third-order valence-corrected chi connectivity index (χ3v) is 3.80. The summed E-state index contributed by atoms with van der Waals surface area (Å²) in [4.78, 5) is 9.76. The lowest BCUT2D eigenvalue weighted by molar-refractivity contribution is -0.140. The van der Waals surface area contributed by atoms with E-state index >= 15 is 0 Å². The van der Waals surface area contributed by atoms with Crippen LogP contribution in [0.1, 0.15) is 24.5 Å². The Kier molecular flexibility index (Phi) is 9.51. The Morgan fingerprint density at radius 2 is 1.92 bits per heavy atom. The molecule has 2 N–H and O–H groups in total. The quantitative estimate of drug-likeness (QED) is 0.374. The van der Waals surface area contributed by atoms with Crippen LogP contribution in [0, 0.1) is 5.41 Å². The van der Waals surface area contributed by atoms with E-state index in [9.17, 15) is 13.2 Å². The second-order valence-electron chi connectivity index (χ2n) is 6.31. The van der Waals surface area contributed by atoms with Crippen molar-refractivity contribution in [1.29, 1.82) is 0 Å². The first-order chi connectivity index (χ1) is 10.5. The van der Waals surface area contributed by atoms with Crippen molar-refractivity contribution in [3.05, 3.63) is 16.1 Å². The molecule has 1 aromatic heterocycles. The first-order valence-electron chi connectivity index (χ1n) is 7.14. The Bertz CT molecular complexity index is 529. The Balaban J connectivity index is 0.00000529. The van der Waals surface area contributed by atoms with E-state index in [2.05, 4.69) is 39.4 Å². The summed E-state index contributed by atoms with van der Waals surface area (Å²) in [7, 11) is 5.64. The van der Waals surface area contributed by atoms with Crippen LogP contribution in [-0.2, 0) is 12.7 Å². The van der Waals surface area contributed by atoms with Crippen molar-refractivity contribution in [1.82, 2.24) is 20.5 Å². The van der Waals surface area contributed by atoms with Gasteiger partial charge < -0.3 is 15.5 Å². The molecule has 0 aliphatic heterocycles. The number of guanidine groups is 1. The van der Waals surface area contributed by atoms with Crippen molar-refractivity contribution < 1.29 is 13.2 Å². The van der Waals surface area contributed by atoms with Crippen LogP contribution in [0.3, 0.4) is 0 Å². The SMILES string of the molecule is CN=C(NCc1nc(C(F)(F)F)cs1)NCC(C)(C)CN(C)C.I. The van der Waals surface area contributed by atoms with Gasteiger partial charge in [-0.3, -0.25) is 4.99 Å². The monoisotopic (exact) mass is 479 g/mol. The minimum atomic E-state index is -4.40. The second-order valence-corrected chi connectivity index (χ2v) is 7.25. The summed E-state index contributed by atoms with van der Waals surface area (Å²) in [6.07, 6.45) is -4.40. The van der Waals surface area contributed by atoms with Crippen LogP contribution in [-0.4, -0.2) is 50.1 Å². The molecule has 0 saturated carbocycles. The zero-order valence-corrected chi connectivity index (χ0v) is 17.6. The van der Waals surface area contributed by atoms with Gasteiger partial charge in [-0.25, -0.2) is 4.98 Å². The summed E-state index contributed by atoms with van der Waals surface area (Å²) in [5.41, 5.74) is -0.819. The molecule has 0 saturated heterocycles. The van der Waals surface area contributed by atoms with Gasteiger partial charge in [0.05, 0.1) is 6.54 Å². The average molecular weight is 479 g/mol. The molecule has 10 heteroatoms. The zero-order valence-electron chi connectivity index (χ0n) is 14.5. The molecule has 1 aromatic rings. The van der Waals surface area contributed by atoms with Crippen LogP contribution in [0.25, 0.3) is 0 Å². The van der Waals surface area contributed by atoms with E-state index in [0.717, 1.165) is 23.3 Å². The van der Waals surface area contributed by atoms with Gasteiger partial charge >= 0.3 is 6.18 Å². The number of halogens is 4. The van der Waals surface area contributed by atoms with Gasteiger partial charge in [0.2, 0.25) is 0 Å². The highest BCUT2D eigenvalue weighted by molar-refractivity contribution is 14.0. The summed E-state index contributed by atoms with van der Waals surface area (Å²) in [6, 6.07) is 0. The van der Waals surface area contributed by atoms with Gasteiger partial charge in [-0.2, -0.15) is 13.2 Å². The third kappa shape index (κ3) is 8.47. The number of nitrogens with zero attached hydrogens (tertiary/aromatic N) is 3. The molecule has 0 fully saturated rings. The number of aliphatic imine (C=N–C) groups is 1. The molecule has 0 unspecified atom stereocenters. The molecule has 0 aromatic carbocycles. The van der Waals surface area contributed by atoms with Crippen LogP contribution >= 0.6 is 35.3 Å². The average Bonchev–Trinajstić information content (AvgIpc) is 2.86. The van der Waals surface area contributed by atoms with Crippen LogP contribution in [0.5, 0.6) is 0 Å². The lowest BCUT2D eigenvalue weighted by Crippen LogP contribution is -2.44. The molecule has 0 radical (unpaired) electrons. The largest absolute Gasteiger partial charge is 0.434 e. The Hall–Kier alpha value is -0.620. The predicted molar refractivity (Wildman–Crippen MR) is 103 cm³/mol. The zero-order chi connectivity index (χ0) is 17.7. The lowest BCUT2D eigenvalue weighted by Gasteiger charge is -2.29. The number of rotatable bonds is 6. The Labute approximate surface area is 162 Å². The number of thiazole rings is 1. The molecule has 1 heterocycles. The van der Waals surface area contributed by atoms with E-state index in [1.165, 1.54) is 0 Å². The second kappa shape index (κ2) is 9.76. The number of nitrogens with one attached hydrogen (secondary N) is 2. The molecule has 0 atom stereocenters. The smallest absolute Gasteiger partial charge is 0.356 e. The summed E-state index contributed by atoms with van der Waals surface area (Å²) < 4.78 is 37.5. The van der Waals surface area contributed by atoms with Crippen molar-refractivity contribution in [2.75, 3.05) is 34.2 Å². The summed E-state index contributed by atoms with van der Waals surface area (Å²) in [5.74, 6) is 0.542. The van der Waals surface area contributed by atoms with Crippen molar-refractivity contribution in [2.24, 2.45) is 10.4 Å². The lowest BCUT2D eigenvalue weighted by atomic mass is 9.93. The molecule has 0 aliphatic rings. The number of hydrogen-bond acceptors (Lipinski definition) is 4. The molecule has 0 aliphatic carbocycles. The molecule has 1 rings (SSSR count). The summed E-state index contributed by atoms with van der Waals surface area (Å²) in [5, 5.41) is 7.56. The van der Waals surface area contributed by atoms with Gasteiger partial charge in [0.1, 0.15) is 5.01 Å². The number of hydrogen-bond donors (Lipinski definition) is 2. The van der Waals surface area contributed by atoms with E-state index in [1.807, 2.05) is 14.1 Å². The maximum absolute atomic E-state index is 12.5. The predicted octanol–water partition coefficient (Wildman–Crippen LogP) is 3.03. The van der Waals surface area contributed by atoms with E-state index < -0.39 is 11.9 Å². The molecule has 0 amide bonds. The highest BCUT2D eigenvalue weighted by atomic mass is 127. The van der Waals surface area contributed by atoms with E-state index in [1.54, 1.807) is 7.05 Å². The van der Waals surface area contributed by atoms with Gasteiger partial charge in [-0.15, -0.1) is 35.3 Å². The minimum absolute atomic E-state index is 0. The molecule has 140 valence electrons. The van der Waals surface area contributed by atoms with Crippen LogP contribution in [0.4, 0.5) is 13.2 Å². The van der Waals surface area contributed by atoms with Gasteiger partial charge in [0, 0.05) is 25.5 Å². The molecule has 5 nitrogen and oxygen atoms in total. The van der Waals surface area contributed by atoms with Gasteiger partial charge in [0.15, 0.2) is 11.7 Å². The summed E-state index contributed by atoms with van der Waals surface area (Å²) in [6.45, 7) is 6.05. The fourth-order valence-corrected chi connectivity index (χ4v) is 2.88. The third-order valence-electron chi connectivity index (χ3n) is 2.95. The Morgan fingerprint density at radius 3 is 2.38 bits per heavy atom. The maximum Gasteiger partial charge on any atom is 0.434 e. The normalized spacial score (nSPS) is 13.0. The molecule has 24 heavy (non-hydrogen) atoms. The van der Waals surface area contributed by atoms with Crippen molar-refractivity contribution >= 4 is 41.3 Å². The van der Waals surface area contributed by atoms with Crippen molar-refractivity contribution in [3.63, 3.8) is 0 Å². The van der Waals surface area contributed by atoms with Gasteiger partial charge in [0.25, 0.3) is 0 Å². The van der Waals surface area contributed by atoms with Gasteiger partial charge in [-0.1, -0.05) is 13.8 Å². The number of alkyl halides is 3. The highest BCUT2D eigenvalue weighted by Crippen LogP contribution is 2.29. The molecular weight excluding hydrogens is 454 g/mol. The standard InChI is InChI=1S/C14H24F3N5S.HI/c1-13(2,9-22(4)5)8-20-12(18-3)19-6-11-21-10(7-23-11)14(15,16)17;/h7H,6,8-9H2,1-5H3,(H2,18,19,20);1H. The molecule has 0 bridgehead atoms. The fraction of sp³-hybridized carbons (Fsp3) is 0.714. The van der Waals surface area contributed by atoms with Crippen molar-refractivity contribution in [2.45, 2.75) is 26.6 Å². The topological polar surface area (TPSA) is 52.6 Å². The molecular formula is C14H25F3IN5S. The molecule has 0 spiro atoms. The fourth-order valence-electron chi connectivity index (χ4n) is 2.14. The number of aromatic nitrogens is 1. The maximum atomic E-state index is 12.5. The first kappa shape index (κ1) is 23.4. The van der Waals surface area contributed by atoms with Crippen LogP contribution < -0.4 is 10.6 Å². The first-order valence-corrected chi connectivity index (χ1v) is 8.02. The Morgan fingerprint density at radius 1 is 1.29 bits per heavy atom. The summed E-state index contributed by atoms with van der Waals surface area (Å²) >= 11 is 0.978. The highest BCUT2D eigenvalue weighted by Gasteiger charge is 2.33. The van der Waals surface area contributed by atoms with E-state index in [4.69, 9.17) is 0 Å². The van der Waals surface area contributed by atoms with E-state index in [0.29, 0.717) is 17.5 Å². The van der Waals surface area contributed by atoms with Gasteiger partial charge in [-0.05, 0) is 19.5 Å². The van der Waals surface area contributed by atoms with Crippen molar-refractivity contribution in [3.8, 4) is 0 Å². The van der Waals surface area contributed by atoms with E-state index in [-0.39, 0.29) is 35.9 Å². The van der Waals surface area contributed by atoms with Crippen LogP contribution in [0.2, 0.25) is 0 Å². The van der Waals surface area contributed by atoms with Crippen LogP contribution in [0.15, 0.2) is 10.4 Å². The minimum Gasteiger partial charge on any atom is -0.356 e.